The van der Waals surface area contributed by atoms with Gasteiger partial charge in [-0.3, -0.25) is 4.79 Å². The van der Waals surface area contributed by atoms with E-state index in [-0.39, 0.29) is 5.75 Å². The predicted molar refractivity (Wildman–Crippen MR) is 38.4 cm³/mol. The first kappa shape index (κ1) is 10.7. The van der Waals surface area contributed by atoms with E-state index >= 15 is 0 Å². The van der Waals surface area contributed by atoms with Crippen LogP contribution in [0, 0.1) is 0 Å². The van der Waals surface area contributed by atoms with Crippen LogP contribution < -0.4 is 0 Å². The van der Waals surface area contributed by atoms with Crippen LogP contribution in [0.2, 0.25) is 0 Å². The van der Waals surface area contributed by atoms with E-state index in [1.54, 1.807) is 0 Å². The molecule has 0 radical (unpaired) electrons. The molecule has 11 heavy (non-hydrogen) atoms. The molecule has 0 saturated heterocycles. The highest BCUT2D eigenvalue weighted by atomic mass is 32.2. The molecule has 0 N–H and O–H groups in total. The summed E-state index contributed by atoms with van der Waals surface area (Å²) in [6.07, 6.45) is 0. The fourth-order valence-corrected chi connectivity index (χ4v) is 1.00. The van der Waals surface area contributed by atoms with Crippen LogP contribution in [0.15, 0.2) is 0 Å². The maximum absolute atomic E-state index is 11.5. The third-order valence-electron chi connectivity index (χ3n) is 0.754. The lowest BCUT2D eigenvalue weighted by Gasteiger charge is -2.11. The smallest absolute Gasteiger partial charge is 0.468 e. The molecule has 0 aliphatic rings. The number of hydrogen-bond donors (Lipinski definition) is 0. The van der Waals surface area contributed by atoms with Gasteiger partial charge in [-0.25, -0.2) is 0 Å². The number of rotatable bonds is 4. The Morgan fingerprint density at radius 2 is 2.09 bits per heavy atom. The number of ether oxygens (including phenoxy) is 1. The summed E-state index contributed by atoms with van der Waals surface area (Å²) in [5.41, 5.74) is -0.949. The van der Waals surface area contributed by atoms with Gasteiger partial charge in [-0.1, -0.05) is 0 Å². The summed E-state index contributed by atoms with van der Waals surface area (Å²) < 4.78 is 38.6. The summed E-state index contributed by atoms with van der Waals surface area (Å²) in [6, 6.07) is 0. The third kappa shape index (κ3) is 7.57. The first-order valence-corrected chi connectivity index (χ1v) is 3.97. The average Bonchev–Trinajstić information content (AvgIpc) is 1.85. The van der Waals surface area contributed by atoms with Crippen LogP contribution in [0.5, 0.6) is 0 Å². The van der Waals surface area contributed by atoms with Crippen molar-refractivity contribution in [1.29, 1.82) is 0 Å². The van der Waals surface area contributed by atoms with Crippen molar-refractivity contribution >= 4 is 24.7 Å². The number of methoxy groups -OCH3 is 1. The second-order valence-corrected chi connectivity index (χ2v) is 2.83. The van der Waals surface area contributed by atoms with Crippen LogP contribution in [0.4, 0.5) is 12.9 Å². The molecule has 0 saturated carbocycles. The summed E-state index contributed by atoms with van der Waals surface area (Å²) in [4.78, 5) is 10.3. The van der Waals surface area contributed by atoms with Crippen LogP contribution in [0.1, 0.15) is 0 Å². The fraction of sp³-hybridized carbons (Fsp3) is 0.750. The zero-order chi connectivity index (χ0) is 8.91. The van der Waals surface area contributed by atoms with Crippen LogP contribution >= 0.6 is 11.8 Å². The lowest BCUT2D eigenvalue weighted by molar-refractivity contribution is -0.137. The van der Waals surface area contributed by atoms with Crippen molar-refractivity contribution in [3.05, 3.63) is 0 Å². The Labute approximate surface area is 66.5 Å². The summed E-state index contributed by atoms with van der Waals surface area (Å²) in [5.74, 6) is -0.868. The first-order valence-electron chi connectivity index (χ1n) is 2.81. The Hall–Kier alpha value is -0.325. The topological polar surface area (TPSA) is 26.3 Å². The minimum absolute atomic E-state index is 0.238. The molecule has 0 rings (SSSR count). The fourth-order valence-electron chi connectivity index (χ4n) is 0.335. The van der Waals surface area contributed by atoms with Gasteiger partial charge in [-0.2, -0.15) is 11.8 Å². The van der Waals surface area contributed by atoms with E-state index in [0.29, 0.717) is 11.8 Å². The van der Waals surface area contributed by atoms with E-state index < -0.39 is 18.6 Å². The van der Waals surface area contributed by atoms with E-state index in [4.69, 9.17) is 0 Å². The highest BCUT2D eigenvalue weighted by molar-refractivity contribution is 8.01. The van der Waals surface area contributed by atoms with Gasteiger partial charge in [0, 0.05) is 0 Å². The molecule has 0 aromatic heterocycles. The number of carbonyl (C=O) groups is 1. The molecule has 0 bridgehead atoms. The number of carbonyl (C=O) groups excluding carboxylic acids is 1. The van der Waals surface area contributed by atoms with E-state index in [9.17, 15) is 17.7 Å². The molecule has 0 aliphatic heterocycles. The van der Waals surface area contributed by atoms with E-state index in [0.717, 1.165) is 7.11 Å². The Morgan fingerprint density at radius 1 is 1.55 bits per heavy atom. The molecule has 0 aromatic rings. The van der Waals surface area contributed by atoms with E-state index in [1.165, 1.54) is 0 Å². The van der Waals surface area contributed by atoms with Crippen molar-refractivity contribution in [1.82, 2.24) is 0 Å². The summed E-state index contributed by atoms with van der Waals surface area (Å²) in [5, 5.41) is 0. The van der Waals surface area contributed by atoms with Gasteiger partial charge in [0.05, 0.1) is 12.9 Å². The first-order chi connectivity index (χ1) is 4.95. The minimum Gasteiger partial charge on any atom is -0.468 e. The Kier molecular flexibility index (Phi) is 4.40. The van der Waals surface area contributed by atoms with Gasteiger partial charge in [0.25, 0.3) is 0 Å². The Bertz CT molecular complexity index is 138. The molecule has 0 spiro atoms. The van der Waals surface area contributed by atoms with Crippen LogP contribution in [-0.2, 0) is 9.53 Å². The lowest BCUT2D eigenvalue weighted by atomic mass is 9.98. The maximum Gasteiger partial charge on any atom is 0.488 e. The minimum atomic E-state index is -4.78. The maximum atomic E-state index is 11.5. The second-order valence-electron chi connectivity index (χ2n) is 1.80. The number of esters is 1. The standard InChI is InChI=1S/C4H7BF3O2S/c1-10-4(9)2-11-3-5(6,7)8/h2-3H2,1H3/q-1. The van der Waals surface area contributed by atoms with Gasteiger partial charge in [-0.15, -0.1) is 0 Å². The van der Waals surface area contributed by atoms with E-state index in [2.05, 4.69) is 4.74 Å². The van der Waals surface area contributed by atoms with Crippen LogP contribution in [0.25, 0.3) is 0 Å². The zero-order valence-electron chi connectivity index (χ0n) is 5.85. The largest absolute Gasteiger partial charge is 0.488 e. The van der Waals surface area contributed by atoms with Crippen LogP contribution in [-0.4, -0.2) is 31.5 Å². The van der Waals surface area contributed by atoms with Crippen molar-refractivity contribution in [2.45, 2.75) is 0 Å². The molecule has 0 heterocycles. The van der Waals surface area contributed by atoms with Gasteiger partial charge < -0.3 is 17.7 Å². The van der Waals surface area contributed by atoms with Crippen molar-refractivity contribution in [3.8, 4) is 0 Å². The molecule has 0 aromatic carbocycles. The SMILES string of the molecule is COC(=O)CSC[B-](F)(F)F. The van der Waals surface area contributed by atoms with Gasteiger partial charge >= 0.3 is 12.9 Å². The zero-order valence-corrected chi connectivity index (χ0v) is 6.67. The normalized spacial score (nSPS) is 11.3. The van der Waals surface area contributed by atoms with Gasteiger partial charge in [0.1, 0.15) is 0 Å². The summed E-state index contributed by atoms with van der Waals surface area (Å²) in [7, 11) is 1.14. The van der Waals surface area contributed by atoms with Gasteiger partial charge in [-0.05, 0) is 5.65 Å². The van der Waals surface area contributed by atoms with Crippen molar-refractivity contribution in [2.75, 3.05) is 18.5 Å². The summed E-state index contributed by atoms with van der Waals surface area (Å²) in [6.45, 7) is -4.78. The number of thioether (sulfide) groups is 1. The molecule has 0 amide bonds. The Balaban J connectivity index is 3.35. The molecule has 2 nitrogen and oxygen atoms in total. The van der Waals surface area contributed by atoms with Crippen LogP contribution in [0.3, 0.4) is 0 Å². The van der Waals surface area contributed by atoms with E-state index in [1.807, 2.05) is 0 Å². The number of hydrogen-bond acceptors (Lipinski definition) is 3. The van der Waals surface area contributed by atoms with Crippen molar-refractivity contribution in [2.24, 2.45) is 0 Å². The number of halogens is 3. The molecule has 7 heteroatoms. The van der Waals surface area contributed by atoms with Crippen molar-refractivity contribution < 1.29 is 22.5 Å². The molecular weight excluding hydrogens is 180 g/mol. The highest BCUT2D eigenvalue weighted by Crippen LogP contribution is 2.15. The monoisotopic (exact) mass is 187 g/mol. The Morgan fingerprint density at radius 3 is 2.45 bits per heavy atom. The lowest BCUT2D eigenvalue weighted by Crippen LogP contribution is -2.20. The predicted octanol–water partition coefficient (Wildman–Crippen LogP) is 1.28. The van der Waals surface area contributed by atoms with Crippen molar-refractivity contribution in [3.63, 3.8) is 0 Å². The molecule has 0 unspecified atom stereocenters. The van der Waals surface area contributed by atoms with Gasteiger partial charge in [0.2, 0.25) is 0 Å². The highest BCUT2D eigenvalue weighted by Gasteiger charge is 2.22. The summed E-state index contributed by atoms with van der Waals surface area (Å²) >= 11 is 0.521. The average molecular weight is 187 g/mol. The molecular formula is C4H7BF3O2S-. The van der Waals surface area contributed by atoms with Gasteiger partial charge in [0.15, 0.2) is 0 Å². The quantitative estimate of drug-likeness (QED) is 0.489. The molecule has 0 aliphatic carbocycles. The second kappa shape index (κ2) is 4.53. The molecule has 66 valence electrons. The molecule has 0 atom stereocenters. The molecule has 0 fully saturated rings. The third-order valence-corrected chi connectivity index (χ3v) is 1.81.